The first-order chi connectivity index (χ1) is 6.31. The molecular weight excluding hydrogens is 166 g/mol. The Kier molecular flexibility index (Phi) is 2.54. The number of amides is 1. The van der Waals surface area contributed by atoms with E-state index in [2.05, 4.69) is 5.32 Å². The minimum Gasteiger partial charge on any atom is -0.396 e. The SMILES string of the molecule is O=C1NC2CCCCC2CC1CO. The van der Waals surface area contributed by atoms with Crippen LogP contribution in [0.1, 0.15) is 32.1 Å². The van der Waals surface area contributed by atoms with Gasteiger partial charge in [0.1, 0.15) is 0 Å². The lowest BCUT2D eigenvalue weighted by Crippen LogP contribution is -2.51. The summed E-state index contributed by atoms with van der Waals surface area (Å²) in [4.78, 5) is 11.4. The third kappa shape index (κ3) is 1.70. The molecule has 0 spiro atoms. The van der Waals surface area contributed by atoms with Crippen molar-refractivity contribution in [2.24, 2.45) is 11.8 Å². The normalized spacial score (nSPS) is 39.5. The fourth-order valence-electron chi connectivity index (χ4n) is 2.61. The van der Waals surface area contributed by atoms with E-state index in [1.165, 1.54) is 19.3 Å². The van der Waals surface area contributed by atoms with Crippen molar-refractivity contribution in [1.29, 1.82) is 0 Å². The summed E-state index contributed by atoms with van der Waals surface area (Å²) in [6.07, 6.45) is 5.78. The summed E-state index contributed by atoms with van der Waals surface area (Å²) in [5.41, 5.74) is 0. The number of hydrogen-bond donors (Lipinski definition) is 2. The fourth-order valence-corrected chi connectivity index (χ4v) is 2.61. The first-order valence-corrected chi connectivity index (χ1v) is 5.22. The van der Waals surface area contributed by atoms with Crippen molar-refractivity contribution >= 4 is 5.91 Å². The van der Waals surface area contributed by atoms with Crippen LogP contribution in [-0.4, -0.2) is 23.7 Å². The molecule has 0 aromatic rings. The molecule has 74 valence electrons. The van der Waals surface area contributed by atoms with E-state index in [-0.39, 0.29) is 18.4 Å². The lowest BCUT2D eigenvalue weighted by atomic mass is 9.76. The molecule has 1 aliphatic heterocycles. The maximum Gasteiger partial charge on any atom is 0.225 e. The highest BCUT2D eigenvalue weighted by molar-refractivity contribution is 5.80. The number of carbonyl (C=O) groups is 1. The maximum atomic E-state index is 11.4. The van der Waals surface area contributed by atoms with Crippen molar-refractivity contribution in [1.82, 2.24) is 5.32 Å². The summed E-state index contributed by atoms with van der Waals surface area (Å²) < 4.78 is 0. The standard InChI is InChI=1S/C10H17NO2/c12-6-8-5-7-3-1-2-4-9(7)11-10(8)13/h7-9,12H,1-6H2,(H,11,13). The van der Waals surface area contributed by atoms with Crippen LogP contribution in [0.4, 0.5) is 0 Å². The quantitative estimate of drug-likeness (QED) is 0.628. The average Bonchev–Trinajstić information content (AvgIpc) is 2.17. The topological polar surface area (TPSA) is 49.3 Å². The molecule has 2 fully saturated rings. The molecule has 0 aromatic heterocycles. The molecule has 3 nitrogen and oxygen atoms in total. The monoisotopic (exact) mass is 183 g/mol. The van der Waals surface area contributed by atoms with E-state index in [0.717, 1.165) is 12.8 Å². The van der Waals surface area contributed by atoms with Gasteiger partial charge in [-0.05, 0) is 25.2 Å². The first kappa shape index (κ1) is 9.00. The minimum atomic E-state index is -0.139. The summed E-state index contributed by atoms with van der Waals surface area (Å²) in [6.45, 7) is 0.00898. The number of hydrogen-bond acceptors (Lipinski definition) is 2. The van der Waals surface area contributed by atoms with Crippen LogP contribution in [0.2, 0.25) is 0 Å². The van der Waals surface area contributed by atoms with Gasteiger partial charge in [-0.1, -0.05) is 12.8 Å². The van der Waals surface area contributed by atoms with Crippen LogP contribution in [0.5, 0.6) is 0 Å². The van der Waals surface area contributed by atoms with Crippen LogP contribution in [0.3, 0.4) is 0 Å². The Morgan fingerprint density at radius 2 is 2.15 bits per heavy atom. The second kappa shape index (κ2) is 3.66. The Balaban J connectivity index is 2.01. The minimum absolute atomic E-state index is 0.00898. The number of aliphatic hydroxyl groups excluding tert-OH is 1. The van der Waals surface area contributed by atoms with Crippen molar-refractivity contribution in [2.75, 3.05) is 6.61 Å². The van der Waals surface area contributed by atoms with Crippen LogP contribution in [0, 0.1) is 11.8 Å². The highest BCUT2D eigenvalue weighted by Gasteiger charge is 2.36. The zero-order chi connectivity index (χ0) is 9.26. The van der Waals surface area contributed by atoms with E-state index >= 15 is 0 Å². The predicted octanol–water partition coefficient (Wildman–Crippen LogP) is 0.674. The Labute approximate surface area is 78.5 Å². The van der Waals surface area contributed by atoms with Gasteiger partial charge in [-0.3, -0.25) is 4.79 Å². The molecule has 1 amide bonds. The summed E-state index contributed by atoms with van der Waals surface area (Å²) in [7, 11) is 0. The summed E-state index contributed by atoms with van der Waals surface area (Å²) in [5.74, 6) is 0.550. The van der Waals surface area contributed by atoms with Gasteiger partial charge in [0.25, 0.3) is 0 Å². The molecule has 1 heterocycles. The molecule has 2 N–H and O–H groups in total. The smallest absolute Gasteiger partial charge is 0.225 e. The second-order valence-electron chi connectivity index (χ2n) is 4.27. The van der Waals surface area contributed by atoms with E-state index in [0.29, 0.717) is 12.0 Å². The first-order valence-electron chi connectivity index (χ1n) is 5.22. The lowest BCUT2D eigenvalue weighted by molar-refractivity contribution is -0.131. The van der Waals surface area contributed by atoms with Crippen molar-refractivity contribution < 1.29 is 9.90 Å². The van der Waals surface area contributed by atoms with Crippen LogP contribution >= 0.6 is 0 Å². The molecule has 0 bridgehead atoms. The number of nitrogens with one attached hydrogen (secondary N) is 1. The molecule has 3 heteroatoms. The lowest BCUT2D eigenvalue weighted by Gasteiger charge is -2.38. The van der Waals surface area contributed by atoms with E-state index < -0.39 is 0 Å². The van der Waals surface area contributed by atoms with Gasteiger partial charge in [-0.2, -0.15) is 0 Å². The zero-order valence-corrected chi connectivity index (χ0v) is 7.83. The summed E-state index contributed by atoms with van der Waals surface area (Å²) >= 11 is 0. The van der Waals surface area contributed by atoms with E-state index in [9.17, 15) is 4.79 Å². The van der Waals surface area contributed by atoms with Gasteiger partial charge >= 0.3 is 0 Å². The molecule has 2 rings (SSSR count). The molecule has 1 saturated heterocycles. The van der Waals surface area contributed by atoms with Gasteiger partial charge < -0.3 is 10.4 Å². The Bertz CT molecular complexity index is 205. The Morgan fingerprint density at radius 1 is 1.38 bits per heavy atom. The maximum absolute atomic E-state index is 11.4. The number of piperidine rings is 1. The molecular formula is C10H17NO2. The van der Waals surface area contributed by atoms with Gasteiger partial charge in [-0.15, -0.1) is 0 Å². The molecule has 0 radical (unpaired) electrons. The number of fused-ring (bicyclic) bond motifs is 1. The van der Waals surface area contributed by atoms with Gasteiger partial charge in [0.15, 0.2) is 0 Å². The molecule has 3 atom stereocenters. The molecule has 1 saturated carbocycles. The highest BCUT2D eigenvalue weighted by Crippen LogP contribution is 2.32. The van der Waals surface area contributed by atoms with Crippen molar-refractivity contribution in [3.63, 3.8) is 0 Å². The van der Waals surface area contributed by atoms with Gasteiger partial charge in [-0.25, -0.2) is 0 Å². The second-order valence-corrected chi connectivity index (χ2v) is 4.27. The Morgan fingerprint density at radius 3 is 2.92 bits per heavy atom. The van der Waals surface area contributed by atoms with E-state index in [4.69, 9.17) is 5.11 Å². The summed E-state index contributed by atoms with van der Waals surface area (Å²) in [6, 6.07) is 0.407. The Hall–Kier alpha value is -0.570. The summed E-state index contributed by atoms with van der Waals surface area (Å²) in [5, 5.41) is 12.0. The van der Waals surface area contributed by atoms with Crippen LogP contribution in [0.25, 0.3) is 0 Å². The molecule has 2 aliphatic rings. The van der Waals surface area contributed by atoms with E-state index in [1.54, 1.807) is 0 Å². The van der Waals surface area contributed by atoms with Gasteiger partial charge in [0, 0.05) is 6.04 Å². The predicted molar refractivity (Wildman–Crippen MR) is 49.1 cm³/mol. The van der Waals surface area contributed by atoms with Gasteiger partial charge in [0.05, 0.1) is 12.5 Å². The van der Waals surface area contributed by atoms with Crippen LogP contribution < -0.4 is 5.32 Å². The van der Waals surface area contributed by atoms with Crippen molar-refractivity contribution in [3.8, 4) is 0 Å². The largest absolute Gasteiger partial charge is 0.396 e. The fraction of sp³-hybridized carbons (Fsp3) is 0.900. The van der Waals surface area contributed by atoms with Gasteiger partial charge in [0.2, 0.25) is 5.91 Å². The van der Waals surface area contributed by atoms with Crippen molar-refractivity contribution in [3.05, 3.63) is 0 Å². The third-order valence-electron chi connectivity index (χ3n) is 3.42. The average molecular weight is 183 g/mol. The zero-order valence-electron chi connectivity index (χ0n) is 7.83. The molecule has 13 heavy (non-hydrogen) atoms. The molecule has 1 aliphatic carbocycles. The number of rotatable bonds is 1. The van der Waals surface area contributed by atoms with Crippen LogP contribution in [-0.2, 0) is 4.79 Å². The van der Waals surface area contributed by atoms with Crippen molar-refractivity contribution in [2.45, 2.75) is 38.1 Å². The number of carbonyl (C=O) groups excluding carboxylic acids is 1. The molecule has 0 aromatic carbocycles. The highest BCUT2D eigenvalue weighted by atomic mass is 16.3. The third-order valence-corrected chi connectivity index (χ3v) is 3.42. The van der Waals surface area contributed by atoms with Crippen LogP contribution in [0.15, 0.2) is 0 Å². The molecule has 3 unspecified atom stereocenters. The number of aliphatic hydroxyl groups is 1. The van der Waals surface area contributed by atoms with E-state index in [1.807, 2.05) is 0 Å².